The van der Waals surface area contributed by atoms with Gasteiger partial charge < -0.3 is 8.98 Å². The summed E-state index contributed by atoms with van der Waals surface area (Å²) in [6, 6.07) is 9.77. The molecule has 19 heavy (non-hydrogen) atoms. The van der Waals surface area contributed by atoms with E-state index in [0.717, 1.165) is 35.2 Å². The predicted molar refractivity (Wildman–Crippen MR) is 73.4 cm³/mol. The monoisotopic (exact) mass is 251 g/mol. The Bertz CT molecular complexity index is 813. The minimum atomic E-state index is 0.131. The molecule has 1 aromatic carbocycles. The molecule has 0 aliphatic carbocycles. The third-order valence-electron chi connectivity index (χ3n) is 3.82. The zero-order valence-corrected chi connectivity index (χ0v) is 10.4. The van der Waals surface area contributed by atoms with Gasteiger partial charge in [0.2, 0.25) is 0 Å². The van der Waals surface area contributed by atoms with Crippen molar-refractivity contribution >= 4 is 10.9 Å². The fourth-order valence-corrected chi connectivity index (χ4v) is 2.94. The molecule has 94 valence electrons. The first-order chi connectivity index (χ1) is 9.33. The number of hydrogen-bond acceptors (Lipinski definition) is 2. The van der Waals surface area contributed by atoms with Gasteiger partial charge in [-0.05, 0) is 30.2 Å². The second kappa shape index (κ2) is 3.85. The fourth-order valence-electron chi connectivity index (χ4n) is 2.94. The predicted octanol–water partition coefficient (Wildman–Crippen LogP) is 2.74. The van der Waals surface area contributed by atoms with E-state index in [2.05, 4.69) is 10.6 Å². The average molecular weight is 251 g/mol. The number of rotatable bonds is 2. The number of aryl methyl sites for hydroxylation is 2. The first kappa shape index (κ1) is 10.6. The van der Waals surface area contributed by atoms with Gasteiger partial charge in [0.15, 0.2) is 5.43 Å². The highest BCUT2D eigenvalue weighted by molar-refractivity contribution is 5.84. The smallest absolute Gasteiger partial charge is 0.193 e. The zero-order chi connectivity index (χ0) is 12.8. The second-order valence-electron chi connectivity index (χ2n) is 5.00. The third kappa shape index (κ3) is 1.55. The van der Waals surface area contributed by atoms with E-state index in [1.165, 1.54) is 5.56 Å². The van der Waals surface area contributed by atoms with Gasteiger partial charge in [0.25, 0.3) is 0 Å². The van der Waals surface area contributed by atoms with Gasteiger partial charge in [0.05, 0.1) is 11.8 Å². The van der Waals surface area contributed by atoms with Gasteiger partial charge in [-0.3, -0.25) is 4.79 Å². The van der Waals surface area contributed by atoms with Crippen molar-refractivity contribution in [2.45, 2.75) is 19.4 Å². The largest absolute Gasteiger partial charge is 0.469 e. The number of aromatic nitrogens is 1. The van der Waals surface area contributed by atoms with Crippen LogP contribution < -0.4 is 5.43 Å². The van der Waals surface area contributed by atoms with Crippen molar-refractivity contribution < 1.29 is 4.42 Å². The summed E-state index contributed by atoms with van der Waals surface area (Å²) in [4.78, 5) is 12.5. The Morgan fingerprint density at radius 2 is 2.16 bits per heavy atom. The van der Waals surface area contributed by atoms with Crippen LogP contribution in [0.4, 0.5) is 0 Å². The van der Waals surface area contributed by atoms with Gasteiger partial charge >= 0.3 is 0 Å². The first-order valence-electron chi connectivity index (χ1n) is 6.49. The Kier molecular flexibility index (Phi) is 2.15. The van der Waals surface area contributed by atoms with E-state index in [4.69, 9.17) is 4.42 Å². The van der Waals surface area contributed by atoms with E-state index in [1.54, 1.807) is 6.26 Å². The second-order valence-corrected chi connectivity index (χ2v) is 5.00. The molecule has 3 nitrogen and oxygen atoms in total. The average Bonchev–Trinajstić information content (AvgIpc) is 3.06. The lowest BCUT2D eigenvalue weighted by Crippen LogP contribution is -2.13. The van der Waals surface area contributed by atoms with Crippen LogP contribution in [-0.4, -0.2) is 4.57 Å². The zero-order valence-electron chi connectivity index (χ0n) is 10.4. The van der Waals surface area contributed by atoms with E-state index in [-0.39, 0.29) is 5.43 Å². The maximum absolute atomic E-state index is 12.5. The standard InChI is InChI=1S/C16H13NO2/c18-16-12(9-13-4-2-8-19-13)10-17-7-6-11-3-1-5-14(16)15(11)17/h1-5,8,10H,6-7,9H2. The van der Waals surface area contributed by atoms with Crippen LogP contribution in [0.15, 0.2) is 52.0 Å². The Morgan fingerprint density at radius 1 is 1.21 bits per heavy atom. The molecule has 0 atom stereocenters. The number of nitrogens with zero attached hydrogens (tertiary/aromatic N) is 1. The topological polar surface area (TPSA) is 35.1 Å². The minimum absolute atomic E-state index is 0.131. The lowest BCUT2D eigenvalue weighted by molar-refractivity contribution is 0.520. The van der Waals surface area contributed by atoms with Crippen LogP contribution in [0.5, 0.6) is 0 Å². The highest BCUT2D eigenvalue weighted by atomic mass is 16.3. The quantitative estimate of drug-likeness (QED) is 0.702. The Hall–Kier alpha value is -2.29. The molecule has 4 rings (SSSR count). The highest BCUT2D eigenvalue weighted by Crippen LogP contribution is 2.24. The summed E-state index contributed by atoms with van der Waals surface area (Å²) in [6.07, 6.45) is 5.21. The summed E-state index contributed by atoms with van der Waals surface area (Å²) in [6.45, 7) is 0.960. The van der Waals surface area contributed by atoms with Crippen LogP contribution in [0.3, 0.4) is 0 Å². The van der Waals surface area contributed by atoms with Crippen LogP contribution in [0.1, 0.15) is 16.9 Å². The molecule has 0 spiro atoms. The van der Waals surface area contributed by atoms with Crippen molar-refractivity contribution in [1.29, 1.82) is 0 Å². The molecule has 3 heterocycles. The molecule has 3 heteroatoms. The van der Waals surface area contributed by atoms with Crippen molar-refractivity contribution in [3.8, 4) is 0 Å². The molecule has 0 radical (unpaired) electrons. The maximum Gasteiger partial charge on any atom is 0.193 e. The van der Waals surface area contributed by atoms with Crippen molar-refractivity contribution in [3.63, 3.8) is 0 Å². The number of pyridine rings is 1. The Labute approximate surface area is 110 Å². The van der Waals surface area contributed by atoms with Gasteiger partial charge in [-0.2, -0.15) is 0 Å². The molecule has 2 aromatic heterocycles. The summed E-state index contributed by atoms with van der Waals surface area (Å²) in [5.41, 5.74) is 3.32. The highest BCUT2D eigenvalue weighted by Gasteiger charge is 2.17. The summed E-state index contributed by atoms with van der Waals surface area (Å²) in [5, 5.41) is 0.832. The normalized spacial score (nSPS) is 13.3. The van der Waals surface area contributed by atoms with Crippen LogP contribution in [0.25, 0.3) is 10.9 Å². The number of para-hydroxylation sites is 1. The van der Waals surface area contributed by atoms with E-state index in [0.29, 0.717) is 6.42 Å². The van der Waals surface area contributed by atoms with E-state index in [1.807, 2.05) is 30.5 Å². The number of benzene rings is 1. The van der Waals surface area contributed by atoms with Crippen molar-refractivity contribution in [1.82, 2.24) is 4.57 Å². The number of hydrogen-bond donors (Lipinski definition) is 0. The lowest BCUT2D eigenvalue weighted by Gasteiger charge is -2.07. The van der Waals surface area contributed by atoms with E-state index in [9.17, 15) is 4.79 Å². The molecular weight excluding hydrogens is 238 g/mol. The van der Waals surface area contributed by atoms with Gasteiger partial charge in [-0.1, -0.05) is 12.1 Å². The molecule has 0 N–H and O–H groups in total. The Morgan fingerprint density at radius 3 is 3.00 bits per heavy atom. The molecular formula is C16H13NO2. The molecule has 0 fully saturated rings. The van der Waals surface area contributed by atoms with Crippen molar-refractivity contribution in [2.24, 2.45) is 0 Å². The van der Waals surface area contributed by atoms with Crippen LogP contribution >= 0.6 is 0 Å². The third-order valence-corrected chi connectivity index (χ3v) is 3.82. The van der Waals surface area contributed by atoms with Crippen LogP contribution in [-0.2, 0) is 19.4 Å². The van der Waals surface area contributed by atoms with Crippen molar-refractivity contribution in [2.75, 3.05) is 0 Å². The minimum Gasteiger partial charge on any atom is -0.469 e. The number of furan rings is 1. The molecule has 0 saturated heterocycles. The first-order valence-corrected chi connectivity index (χ1v) is 6.49. The summed E-state index contributed by atoms with van der Waals surface area (Å²) in [5.74, 6) is 0.832. The van der Waals surface area contributed by atoms with Gasteiger partial charge in [0.1, 0.15) is 5.76 Å². The van der Waals surface area contributed by atoms with Gasteiger partial charge in [-0.15, -0.1) is 0 Å². The van der Waals surface area contributed by atoms with Crippen molar-refractivity contribution in [3.05, 3.63) is 69.9 Å². The molecule has 0 amide bonds. The molecule has 1 aliphatic rings. The molecule has 1 aliphatic heterocycles. The summed E-state index contributed by atoms with van der Waals surface area (Å²) >= 11 is 0. The molecule has 0 unspecified atom stereocenters. The van der Waals surface area contributed by atoms with E-state index < -0.39 is 0 Å². The van der Waals surface area contributed by atoms with Gasteiger partial charge in [0, 0.05) is 30.1 Å². The van der Waals surface area contributed by atoms with Crippen LogP contribution in [0.2, 0.25) is 0 Å². The van der Waals surface area contributed by atoms with Gasteiger partial charge in [-0.25, -0.2) is 0 Å². The van der Waals surface area contributed by atoms with Crippen LogP contribution in [0, 0.1) is 0 Å². The SMILES string of the molecule is O=c1c(Cc2ccco2)cn2c3c(cccc13)CC2. The molecule has 0 bridgehead atoms. The molecule has 3 aromatic rings. The summed E-state index contributed by atoms with van der Waals surface area (Å²) in [7, 11) is 0. The summed E-state index contributed by atoms with van der Waals surface area (Å²) < 4.78 is 7.54. The lowest BCUT2D eigenvalue weighted by atomic mass is 10.1. The fraction of sp³-hybridized carbons (Fsp3) is 0.188. The Balaban J connectivity index is 1.95. The molecule has 0 saturated carbocycles. The maximum atomic E-state index is 12.5. The van der Waals surface area contributed by atoms with E-state index >= 15 is 0 Å².